The van der Waals surface area contributed by atoms with Gasteiger partial charge in [0, 0.05) is 25.9 Å². The summed E-state index contributed by atoms with van der Waals surface area (Å²) < 4.78 is 5.23. The maximum atomic E-state index is 13.0. The molecule has 0 spiro atoms. The molecule has 1 aromatic heterocycles. The number of hydrazone groups is 1. The molecule has 2 N–H and O–H groups in total. The van der Waals surface area contributed by atoms with E-state index in [2.05, 4.69) is 27.7 Å². The number of amides is 2. The number of fused-ring (bicyclic) bond motifs is 3. The minimum Gasteiger partial charge on any atom is -0.497 e. The number of hydrogen-bond acceptors (Lipinski definition) is 7. The number of methoxy groups -OCH3 is 1. The molecule has 0 fully saturated rings. The van der Waals surface area contributed by atoms with Gasteiger partial charge in [0.25, 0.3) is 5.91 Å². The zero-order chi connectivity index (χ0) is 22.5. The average Bonchev–Trinajstić information content (AvgIpc) is 3.46. The molecule has 2 aliphatic heterocycles. The Hall–Kier alpha value is -3.07. The molecule has 170 valence electrons. The van der Waals surface area contributed by atoms with Crippen molar-refractivity contribution in [2.75, 3.05) is 18.6 Å². The SMILES string of the molecule is CCCCCN1C(=O)c2sccc2N2C(CCC(=O)NCc3cccc(OC)c3)=NNC12. The Bertz CT molecular complexity index is 1010. The Morgan fingerprint density at radius 1 is 1.31 bits per heavy atom. The van der Waals surface area contributed by atoms with Crippen LogP contribution >= 0.6 is 11.3 Å². The van der Waals surface area contributed by atoms with Gasteiger partial charge in [-0.15, -0.1) is 11.3 Å². The second-order valence-electron chi connectivity index (χ2n) is 7.87. The third kappa shape index (κ3) is 4.57. The number of nitrogens with zero attached hydrogens (tertiary/aromatic N) is 3. The van der Waals surface area contributed by atoms with E-state index in [9.17, 15) is 9.59 Å². The molecule has 3 heterocycles. The van der Waals surface area contributed by atoms with E-state index < -0.39 is 0 Å². The normalized spacial score (nSPS) is 16.9. The summed E-state index contributed by atoms with van der Waals surface area (Å²) in [6.07, 6.45) is 3.61. The molecule has 4 rings (SSSR count). The van der Waals surface area contributed by atoms with E-state index in [0.717, 1.165) is 47.0 Å². The summed E-state index contributed by atoms with van der Waals surface area (Å²) in [4.78, 5) is 30.1. The fourth-order valence-corrected chi connectivity index (χ4v) is 4.83. The van der Waals surface area contributed by atoms with E-state index in [1.807, 2.05) is 40.6 Å². The highest BCUT2D eigenvalue weighted by Crippen LogP contribution is 2.37. The van der Waals surface area contributed by atoms with Crippen LogP contribution in [-0.4, -0.2) is 42.5 Å². The number of carbonyl (C=O) groups is 2. The van der Waals surface area contributed by atoms with Gasteiger partial charge in [-0.05, 0) is 35.6 Å². The smallest absolute Gasteiger partial charge is 0.269 e. The largest absolute Gasteiger partial charge is 0.497 e. The number of rotatable bonds is 10. The van der Waals surface area contributed by atoms with Crippen molar-refractivity contribution in [1.82, 2.24) is 15.6 Å². The van der Waals surface area contributed by atoms with E-state index in [1.54, 1.807) is 7.11 Å². The number of nitrogens with one attached hydrogen (secondary N) is 2. The van der Waals surface area contributed by atoms with E-state index in [4.69, 9.17) is 4.74 Å². The summed E-state index contributed by atoms with van der Waals surface area (Å²) in [7, 11) is 1.62. The fourth-order valence-electron chi connectivity index (χ4n) is 3.99. The van der Waals surface area contributed by atoms with Crippen LogP contribution in [0.1, 0.15) is 54.3 Å². The molecular weight excluding hydrogens is 426 g/mol. The van der Waals surface area contributed by atoms with Gasteiger partial charge in [-0.25, -0.2) is 0 Å². The van der Waals surface area contributed by atoms with Gasteiger partial charge >= 0.3 is 0 Å². The van der Waals surface area contributed by atoms with Crippen molar-refractivity contribution in [3.63, 3.8) is 0 Å². The van der Waals surface area contributed by atoms with Crippen LogP contribution in [0.3, 0.4) is 0 Å². The Morgan fingerprint density at radius 3 is 3.00 bits per heavy atom. The maximum Gasteiger partial charge on any atom is 0.269 e. The zero-order valence-electron chi connectivity index (χ0n) is 18.5. The highest BCUT2D eigenvalue weighted by molar-refractivity contribution is 7.12. The average molecular weight is 456 g/mol. The molecular formula is C23H29N5O3S. The number of anilines is 1. The van der Waals surface area contributed by atoms with Crippen LogP contribution in [0.5, 0.6) is 5.75 Å². The molecule has 9 heteroatoms. The summed E-state index contributed by atoms with van der Waals surface area (Å²) in [6.45, 7) is 3.28. The fraction of sp³-hybridized carbons (Fsp3) is 0.435. The van der Waals surface area contributed by atoms with E-state index in [0.29, 0.717) is 25.9 Å². The number of thiophene rings is 1. The van der Waals surface area contributed by atoms with Crippen molar-refractivity contribution < 1.29 is 14.3 Å². The van der Waals surface area contributed by atoms with Crippen molar-refractivity contribution in [2.24, 2.45) is 5.10 Å². The molecule has 2 aromatic rings. The minimum atomic E-state index is -0.323. The maximum absolute atomic E-state index is 13.0. The summed E-state index contributed by atoms with van der Waals surface area (Å²) in [5.41, 5.74) is 4.98. The molecule has 0 saturated carbocycles. The Kier molecular flexibility index (Phi) is 6.94. The number of benzene rings is 1. The Labute approximate surface area is 192 Å². The van der Waals surface area contributed by atoms with Crippen LogP contribution < -0.4 is 20.4 Å². The third-order valence-corrected chi connectivity index (χ3v) is 6.58. The minimum absolute atomic E-state index is 0.0441. The lowest BCUT2D eigenvalue weighted by atomic mass is 10.1. The third-order valence-electron chi connectivity index (χ3n) is 5.69. The first-order valence-electron chi connectivity index (χ1n) is 11.0. The second kappa shape index (κ2) is 10.0. The molecule has 0 radical (unpaired) electrons. The Balaban J connectivity index is 1.37. The molecule has 2 aliphatic rings. The quantitative estimate of drug-likeness (QED) is 0.536. The highest BCUT2D eigenvalue weighted by atomic mass is 32.1. The molecule has 0 bridgehead atoms. The standard InChI is InChI=1S/C23H29N5O3S/c1-3-4-5-12-27-22(30)21-18(11-13-32-21)28-19(25-26-23(27)28)9-10-20(29)24-15-16-7-6-8-17(14-16)31-2/h6-8,11,13-14,23,26H,3-5,9-10,12,15H2,1-2H3,(H,24,29). The molecule has 1 unspecified atom stereocenters. The van der Waals surface area contributed by atoms with Crippen LogP contribution in [0.15, 0.2) is 40.8 Å². The molecule has 8 nitrogen and oxygen atoms in total. The van der Waals surface area contributed by atoms with Gasteiger partial charge < -0.3 is 10.1 Å². The predicted octanol–water partition coefficient (Wildman–Crippen LogP) is 3.51. The number of amidine groups is 1. The summed E-state index contributed by atoms with van der Waals surface area (Å²) >= 11 is 1.46. The van der Waals surface area contributed by atoms with Crippen molar-refractivity contribution in [1.29, 1.82) is 0 Å². The summed E-state index contributed by atoms with van der Waals surface area (Å²) in [5, 5.41) is 9.39. The first-order chi connectivity index (χ1) is 15.6. The lowest BCUT2D eigenvalue weighted by Gasteiger charge is -2.39. The topological polar surface area (TPSA) is 86.3 Å². The number of ether oxygens (including phenoxy) is 1. The molecule has 0 saturated heterocycles. The molecule has 32 heavy (non-hydrogen) atoms. The number of carbonyl (C=O) groups excluding carboxylic acids is 2. The first kappa shape index (κ1) is 22.1. The summed E-state index contributed by atoms with van der Waals surface area (Å²) in [5.74, 6) is 1.55. The van der Waals surface area contributed by atoms with Gasteiger partial charge in [-0.1, -0.05) is 31.9 Å². The van der Waals surface area contributed by atoms with Gasteiger partial charge in [-0.3, -0.25) is 24.8 Å². The van der Waals surface area contributed by atoms with Crippen molar-refractivity contribution in [3.8, 4) is 5.75 Å². The van der Waals surface area contributed by atoms with Crippen LogP contribution in [0.2, 0.25) is 0 Å². The van der Waals surface area contributed by atoms with Crippen LogP contribution in [0.25, 0.3) is 0 Å². The molecule has 0 aliphatic carbocycles. The number of hydrogen-bond donors (Lipinski definition) is 2. The molecule has 1 aromatic carbocycles. The van der Waals surface area contributed by atoms with Gasteiger partial charge in [-0.2, -0.15) is 5.10 Å². The van der Waals surface area contributed by atoms with E-state index in [-0.39, 0.29) is 18.1 Å². The van der Waals surface area contributed by atoms with Crippen LogP contribution in [0, 0.1) is 0 Å². The summed E-state index contributed by atoms with van der Waals surface area (Å²) in [6, 6.07) is 9.60. The van der Waals surface area contributed by atoms with Gasteiger partial charge in [0.05, 0.1) is 12.8 Å². The van der Waals surface area contributed by atoms with Crippen molar-refractivity contribution >= 4 is 34.7 Å². The highest BCUT2D eigenvalue weighted by Gasteiger charge is 2.43. The van der Waals surface area contributed by atoms with E-state index in [1.165, 1.54) is 11.3 Å². The second-order valence-corrected chi connectivity index (χ2v) is 8.79. The monoisotopic (exact) mass is 455 g/mol. The van der Waals surface area contributed by atoms with E-state index >= 15 is 0 Å². The zero-order valence-corrected chi connectivity index (χ0v) is 19.3. The number of unbranched alkanes of at least 4 members (excludes halogenated alkanes) is 2. The van der Waals surface area contributed by atoms with Crippen LogP contribution in [-0.2, 0) is 11.3 Å². The van der Waals surface area contributed by atoms with Gasteiger partial charge in [0.2, 0.25) is 12.2 Å². The predicted molar refractivity (Wildman–Crippen MR) is 126 cm³/mol. The van der Waals surface area contributed by atoms with Crippen molar-refractivity contribution in [2.45, 2.75) is 51.9 Å². The lowest BCUT2D eigenvalue weighted by Crippen LogP contribution is -2.58. The van der Waals surface area contributed by atoms with Gasteiger partial charge in [0.15, 0.2) is 0 Å². The molecule has 1 atom stereocenters. The Morgan fingerprint density at radius 2 is 2.19 bits per heavy atom. The first-order valence-corrected chi connectivity index (χ1v) is 11.9. The van der Waals surface area contributed by atoms with Crippen molar-refractivity contribution in [3.05, 3.63) is 46.2 Å². The van der Waals surface area contributed by atoms with Crippen LogP contribution in [0.4, 0.5) is 5.69 Å². The molecule has 2 amide bonds. The van der Waals surface area contributed by atoms with Gasteiger partial charge in [0.1, 0.15) is 16.5 Å². The lowest BCUT2D eigenvalue weighted by molar-refractivity contribution is -0.121.